The van der Waals surface area contributed by atoms with Crippen molar-refractivity contribution in [3.05, 3.63) is 88.8 Å². The average molecular weight is 476 g/mol. The fourth-order valence-electron chi connectivity index (χ4n) is 4.22. The molecule has 0 fully saturated rings. The molecule has 2 aliphatic heterocycles. The van der Waals surface area contributed by atoms with Gasteiger partial charge < -0.3 is 13.9 Å². The van der Waals surface area contributed by atoms with Crippen molar-refractivity contribution in [1.82, 2.24) is 24.3 Å². The highest BCUT2D eigenvalue weighted by Gasteiger charge is 2.24. The fraction of sp³-hybridized carbons (Fsp3) is 0.192. The van der Waals surface area contributed by atoms with Gasteiger partial charge in [-0.2, -0.15) is 0 Å². The molecule has 0 aliphatic carbocycles. The predicted molar refractivity (Wildman–Crippen MR) is 130 cm³/mol. The van der Waals surface area contributed by atoms with E-state index in [0.717, 1.165) is 28.1 Å². The van der Waals surface area contributed by atoms with Crippen molar-refractivity contribution in [2.45, 2.75) is 26.8 Å². The molecule has 8 heteroatoms. The normalized spacial score (nSPS) is 12.3. The van der Waals surface area contributed by atoms with Crippen LogP contribution in [0.15, 0.2) is 61.2 Å². The first-order valence-electron chi connectivity index (χ1n) is 10.8. The number of aryl methyl sites for hydroxylation is 2. The van der Waals surface area contributed by atoms with Crippen LogP contribution in [0.25, 0.3) is 28.3 Å². The molecule has 0 amide bonds. The number of benzene rings is 2. The highest BCUT2D eigenvalue weighted by molar-refractivity contribution is 6.30. The smallest absolute Gasteiger partial charge is 0.165 e. The van der Waals surface area contributed by atoms with Crippen LogP contribution < -0.4 is 4.74 Å². The van der Waals surface area contributed by atoms with Gasteiger partial charge in [0.2, 0.25) is 0 Å². The van der Waals surface area contributed by atoms with Crippen molar-refractivity contribution in [3.8, 4) is 34.1 Å². The van der Waals surface area contributed by atoms with E-state index in [4.69, 9.17) is 16.3 Å². The number of rotatable bonds is 5. The number of fused-ring (bicyclic) bond motifs is 1. The third-order valence-electron chi connectivity index (χ3n) is 6.00. The average Bonchev–Trinajstić information content (AvgIpc) is 3.44. The Morgan fingerprint density at radius 2 is 1.85 bits per heavy atom. The monoisotopic (exact) mass is 475 g/mol. The van der Waals surface area contributed by atoms with Crippen LogP contribution in [0.1, 0.15) is 29.8 Å². The zero-order valence-corrected chi connectivity index (χ0v) is 20.0. The highest BCUT2D eigenvalue weighted by atomic mass is 35.5. The van der Waals surface area contributed by atoms with Gasteiger partial charge in [0.25, 0.3) is 0 Å². The second-order valence-corrected chi connectivity index (χ2v) is 8.80. The Kier molecular flexibility index (Phi) is 5.57. The summed E-state index contributed by atoms with van der Waals surface area (Å²) < 4.78 is 24.1. The van der Waals surface area contributed by atoms with Crippen molar-refractivity contribution in [3.63, 3.8) is 0 Å². The first kappa shape index (κ1) is 22.1. The Morgan fingerprint density at radius 3 is 2.56 bits per heavy atom. The van der Waals surface area contributed by atoms with Crippen molar-refractivity contribution in [1.29, 1.82) is 0 Å². The summed E-state index contributed by atoms with van der Waals surface area (Å²) in [5.41, 5.74) is 5.50. The molecule has 3 heterocycles. The Balaban J connectivity index is 1.58. The molecular weight excluding hydrogens is 453 g/mol. The summed E-state index contributed by atoms with van der Waals surface area (Å²) in [4.78, 5) is 4.29. The molecular formula is C26H23ClFN5O. The first-order valence-corrected chi connectivity index (χ1v) is 11.2. The van der Waals surface area contributed by atoms with Gasteiger partial charge in [-0.15, -0.1) is 10.2 Å². The van der Waals surface area contributed by atoms with E-state index in [1.165, 1.54) is 6.07 Å². The molecule has 0 saturated heterocycles. The largest absolute Gasteiger partial charge is 0.495 e. The van der Waals surface area contributed by atoms with Crippen LogP contribution >= 0.6 is 11.6 Å². The lowest BCUT2D eigenvalue weighted by atomic mass is 10.0. The minimum absolute atomic E-state index is 0.261. The van der Waals surface area contributed by atoms with Crippen LogP contribution in [0.3, 0.4) is 0 Å². The summed E-state index contributed by atoms with van der Waals surface area (Å²) >= 11 is 6.50. The summed E-state index contributed by atoms with van der Waals surface area (Å²) in [6.45, 7) is 5.72. The summed E-state index contributed by atoms with van der Waals surface area (Å²) in [6, 6.07) is 12.6. The van der Waals surface area contributed by atoms with E-state index in [0.29, 0.717) is 27.9 Å². The minimum atomic E-state index is -0.326. The number of methoxy groups -OCH3 is 1. The Morgan fingerprint density at radius 1 is 1.03 bits per heavy atom. The lowest BCUT2D eigenvalue weighted by Crippen LogP contribution is -2.12. The fourth-order valence-corrected chi connectivity index (χ4v) is 4.44. The minimum Gasteiger partial charge on any atom is -0.495 e. The number of imidazole rings is 1. The lowest BCUT2D eigenvalue weighted by Gasteiger charge is -2.21. The van der Waals surface area contributed by atoms with E-state index in [-0.39, 0.29) is 11.9 Å². The van der Waals surface area contributed by atoms with E-state index < -0.39 is 0 Å². The number of aromatic nitrogens is 5. The van der Waals surface area contributed by atoms with Gasteiger partial charge in [0, 0.05) is 29.1 Å². The number of hydrogen-bond acceptors (Lipinski definition) is 4. The molecule has 2 aromatic carbocycles. The topological polar surface area (TPSA) is 57.8 Å². The molecule has 0 N–H and O–H groups in total. The van der Waals surface area contributed by atoms with Crippen molar-refractivity contribution in [2.24, 2.45) is 0 Å². The van der Waals surface area contributed by atoms with Crippen molar-refractivity contribution < 1.29 is 9.13 Å². The standard InChI is InChI=1S/C26H23ClFN5O/c1-15-5-7-20(22(28)9-15)17(3)33-13-19(27)11-21-25(30-31-26(21)33)18-6-8-23(24(10-18)34-4)32-12-16(2)29-14-32/h5-14,17H,1-4H3/t17-/m0/s1. The molecule has 0 spiro atoms. The molecule has 6 nitrogen and oxygen atoms in total. The van der Waals surface area contributed by atoms with Gasteiger partial charge in [0.15, 0.2) is 5.82 Å². The van der Waals surface area contributed by atoms with Crippen LogP contribution in [-0.2, 0) is 0 Å². The van der Waals surface area contributed by atoms with E-state index in [1.54, 1.807) is 25.7 Å². The molecule has 1 atom stereocenters. The molecule has 2 aliphatic rings. The maximum absolute atomic E-state index is 14.7. The number of halogens is 2. The van der Waals surface area contributed by atoms with E-state index in [1.807, 2.05) is 66.4 Å². The quantitative estimate of drug-likeness (QED) is 0.301. The van der Waals surface area contributed by atoms with Gasteiger partial charge in [-0.3, -0.25) is 0 Å². The second-order valence-electron chi connectivity index (χ2n) is 8.36. The second kappa shape index (κ2) is 8.57. The molecule has 0 unspecified atom stereocenters. The highest BCUT2D eigenvalue weighted by Crippen LogP contribution is 2.38. The molecule has 0 radical (unpaired) electrons. The summed E-state index contributed by atoms with van der Waals surface area (Å²) in [5, 5.41) is 9.42. The third kappa shape index (κ3) is 3.82. The van der Waals surface area contributed by atoms with Gasteiger partial charge >= 0.3 is 0 Å². The number of hydrogen-bond donors (Lipinski definition) is 0. The molecule has 172 valence electrons. The first-order chi connectivity index (χ1) is 16.4. The summed E-state index contributed by atoms with van der Waals surface area (Å²) in [5.74, 6) is 1.04. The number of ether oxygens (including phenoxy) is 1. The molecule has 0 bridgehead atoms. The Bertz CT molecular complexity index is 1470. The zero-order valence-electron chi connectivity index (χ0n) is 19.3. The Hall–Kier alpha value is -3.71. The van der Waals surface area contributed by atoms with Crippen LogP contribution in [0.4, 0.5) is 4.39 Å². The molecule has 3 aromatic rings. The van der Waals surface area contributed by atoms with Crippen LogP contribution in [-0.4, -0.2) is 31.4 Å². The summed E-state index contributed by atoms with van der Waals surface area (Å²) in [6.07, 6.45) is 5.44. The molecule has 1 aromatic heterocycles. The SMILES string of the molecule is COc1cc(-c2nnc3n([C@@H](C)c4ccc(C)cc4F)cc(Cl)cc2-3)ccc1-n1cnc(C)c1. The third-order valence-corrected chi connectivity index (χ3v) is 6.20. The summed E-state index contributed by atoms with van der Waals surface area (Å²) in [7, 11) is 1.63. The van der Waals surface area contributed by atoms with E-state index in [9.17, 15) is 4.39 Å². The van der Waals surface area contributed by atoms with Crippen LogP contribution in [0, 0.1) is 19.7 Å². The van der Waals surface area contributed by atoms with Gasteiger partial charge in [-0.1, -0.05) is 29.8 Å². The predicted octanol–water partition coefficient (Wildman–Crippen LogP) is 6.26. The molecule has 34 heavy (non-hydrogen) atoms. The zero-order chi connectivity index (χ0) is 24.0. The van der Waals surface area contributed by atoms with E-state index in [2.05, 4.69) is 15.2 Å². The van der Waals surface area contributed by atoms with Crippen molar-refractivity contribution >= 4 is 11.6 Å². The van der Waals surface area contributed by atoms with Crippen LogP contribution in [0.2, 0.25) is 5.02 Å². The Labute approximate surface area is 202 Å². The lowest BCUT2D eigenvalue weighted by molar-refractivity contribution is 0.413. The van der Waals surface area contributed by atoms with Gasteiger partial charge in [0.1, 0.15) is 17.3 Å². The van der Waals surface area contributed by atoms with Gasteiger partial charge in [-0.25, -0.2) is 9.37 Å². The van der Waals surface area contributed by atoms with Crippen LogP contribution in [0.5, 0.6) is 5.75 Å². The van der Waals surface area contributed by atoms with Gasteiger partial charge in [0.05, 0.1) is 35.9 Å². The maximum atomic E-state index is 14.7. The maximum Gasteiger partial charge on any atom is 0.165 e. The van der Waals surface area contributed by atoms with Crippen molar-refractivity contribution in [2.75, 3.05) is 7.11 Å². The number of nitrogens with zero attached hydrogens (tertiary/aromatic N) is 5. The van der Waals surface area contributed by atoms with E-state index >= 15 is 0 Å². The molecule has 0 saturated carbocycles. The van der Waals surface area contributed by atoms with Gasteiger partial charge in [-0.05, 0) is 50.6 Å². The molecule has 5 rings (SSSR count). The number of pyridine rings is 1.